The molecule has 2 aliphatic rings. The highest BCUT2D eigenvalue weighted by Crippen LogP contribution is 2.45. The quantitative estimate of drug-likeness (QED) is 0.651. The topological polar surface area (TPSA) is 36.4 Å². The maximum absolute atomic E-state index is 13.3. The summed E-state index contributed by atoms with van der Waals surface area (Å²) in [5, 5.41) is 0. The molecule has 1 aromatic heterocycles. The lowest BCUT2D eigenvalue weighted by Crippen LogP contribution is -2.36. The predicted octanol–water partition coefficient (Wildman–Crippen LogP) is 4.07. The number of rotatable bonds is 5. The molecule has 4 heteroatoms. The smallest absolute Gasteiger partial charge is 0.254 e. The molecule has 0 aliphatic carbocycles. The van der Waals surface area contributed by atoms with Crippen LogP contribution in [0.25, 0.3) is 0 Å². The maximum Gasteiger partial charge on any atom is 0.254 e. The lowest BCUT2D eigenvalue weighted by molar-refractivity contribution is 0.0701. The van der Waals surface area contributed by atoms with Crippen molar-refractivity contribution >= 4 is 5.91 Å². The van der Waals surface area contributed by atoms with E-state index in [4.69, 9.17) is 0 Å². The largest absolute Gasteiger partial charge is 0.331 e. The van der Waals surface area contributed by atoms with Crippen LogP contribution in [-0.4, -0.2) is 46.9 Å². The molecule has 0 radical (unpaired) electrons. The number of aromatic nitrogens is 1. The van der Waals surface area contributed by atoms with Crippen LogP contribution in [-0.2, 0) is 6.42 Å². The van der Waals surface area contributed by atoms with Gasteiger partial charge in [-0.1, -0.05) is 60.7 Å². The molecule has 5 rings (SSSR count). The van der Waals surface area contributed by atoms with Crippen LogP contribution in [0.4, 0.5) is 0 Å². The molecule has 152 valence electrons. The Balaban J connectivity index is 1.35. The molecule has 0 spiro atoms. The molecule has 3 atom stereocenters. The molecule has 30 heavy (non-hydrogen) atoms. The van der Waals surface area contributed by atoms with Crippen LogP contribution in [0.2, 0.25) is 0 Å². The summed E-state index contributed by atoms with van der Waals surface area (Å²) in [4.78, 5) is 22.1. The number of benzene rings is 2. The van der Waals surface area contributed by atoms with Crippen molar-refractivity contribution in [1.82, 2.24) is 14.8 Å². The lowest BCUT2D eigenvalue weighted by Gasteiger charge is -2.30. The molecule has 0 unspecified atom stereocenters. The lowest BCUT2D eigenvalue weighted by atomic mass is 9.89. The second kappa shape index (κ2) is 8.41. The number of hydrogen-bond acceptors (Lipinski definition) is 3. The molecule has 0 bridgehead atoms. The van der Waals surface area contributed by atoms with E-state index >= 15 is 0 Å². The molecule has 1 amide bonds. The highest BCUT2D eigenvalue weighted by molar-refractivity contribution is 5.94. The minimum atomic E-state index is 0.122. The summed E-state index contributed by atoms with van der Waals surface area (Å²) in [5.41, 5.74) is 3.37. The minimum Gasteiger partial charge on any atom is -0.331 e. The number of nitrogens with zero attached hydrogens (tertiary/aromatic N) is 3. The van der Waals surface area contributed by atoms with Gasteiger partial charge in [-0.05, 0) is 35.6 Å². The Morgan fingerprint density at radius 2 is 1.57 bits per heavy atom. The molecule has 0 saturated carbocycles. The van der Waals surface area contributed by atoms with E-state index in [2.05, 4.69) is 69.4 Å². The normalized spacial score (nSPS) is 23.5. The van der Waals surface area contributed by atoms with Crippen molar-refractivity contribution in [2.24, 2.45) is 11.8 Å². The second-order valence-electron chi connectivity index (χ2n) is 8.47. The Bertz CT molecular complexity index is 977. The van der Waals surface area contributed by atoms with Gasteiger partial charge < -0.3 is 9.80 Å². The van der Waals surface area contributed by atoms with Gasteiger partial charge in [-0.3, -0.25) is 9.78 Å². The number of carbonyl (C=O) groups excluding carboxylic acids is 1. The van der Waals surface area contributed by atoms with Crippen LogP contribution in [0.3, 0.4) is 0 Å². The van der Waals surface area contributed by atoms with Gasteiger partial charge >= 0.3 is 0 Å². The van der Waals surface area contributed by atoms with Crippen LogP contribution in [0.15, 0.2) is 85.2 Å². The molecule has 3 heterocycles. The minimum absolute atomic E-state index is 0.122. The van der Waals surface area contributed by atoms with Gasteiger partial charge in [0.2, 0.25) is 0 Å². The van der Waals surface area contributed by atoms with Crippen LogP contribution < -0.4 is 0 Å². The standard InChI is InChI=1S/C26H27N3O/c30-26(22-11-14-27-15-12-22)29-18-23-17-28(16-13-20-7-3-1-4-8-20)19-24(23)25(29)21-9-5-2-6-10-21/h1-12,14-15,23-25H,13,16-19H2/t23-,24-,25+/m0/s1. The summed E-state index contributed by atoms with van der Waals surface area (Å²) in [6.45, 7) is 4.03. The molecule has 2 aromatic carbocycles. The monoisotopic (exact) mass is 397 g/mol. The first-order valence-corrected chi connectivity index (χ1v) is 10.8. The number of fused-ring (bicyclic) bond motifs is 1. The SMILES string of the molecule is O=C(c1ccncc1)N1C[C@@H]2CN(CCc3ccccc3)C[C@@H]2[C@H]1c1ccccc1. The van der Waals surface area contributed by atoms with Gasteiger partial charge in [-0.25, -0.2) is 0 Å². The summed E-state index contributed by atoms with van der Waals surface area (Å²) in [6.07, 6.45) is 4.48. The van der Waals surface area contributed by atoms with Gasteiger partial charge in [0.1, 0.15) is 0 Å². The zero-order chi connectivity index (χ0) is 20.3. The van der Waals surface area contributed by atoms with Crippen molar-refractivity contribution in [2.45, 2.75) is 12.5 Å². The number of amides is 1. The Morgan fingerprint density at radius 1 is 0.867 bits per heavy atom. The van der Waals surface area contributed by atoms with E-state index in [0.29, 0.717) is 11.8 Å². The molecule has 0 N–H and O–H groups in total. The fourth-order valence-corrected chi connectivity index (χ4v) is 5.20. The maximum atomic E-state index is 13.3. The first-order chi connectivity index (χ1) is 14.8. The van der Waals surface area contributed by atoms with Crippen molar-refractivity contribution in [2.75, 3.05) is 26.2 Å². The third-order valence-electron chi connectivity index (χ3n) is 6.63. The van der Waals surface area contributed by atoms with Crippen LogP contribution >= 0.6 is 0 Å². The summed E-state index contributed by atoms with van der Waals surface area (Å²) in [7, 11) is 0. The van der Waals surface area contributed by atoms with E-state index < -0.39 is 0 Å². The molecule has 3 aromatic rings. The van der Waals surface area contributed by atoms with Crippen LogP contribution in [0.5, 0.6) is 0 Å². The predicted molar refractivity (Wildman–Crippen MR) is 118 cm³/mol. The fraction of sp³-hybridized carbons (Fsp3) is 0.308. The molecule has 2 saturated heterocycles. The molecular weight excluding hydrogens is 370 g/mol. The van der Waals surface area contributed by atoms with E-state index in [1.165, 1.54) is 11.1 Å². The Hall–Kier alpha value is -2.98. The molecule has 2 aliphatic heterocycles. The summed E-state index contributed by atoms with van der Waals surface area (Å²) < 4.78 is 0. The van der Waals surface area contributed by atoms with E-state index in [1.54, 1.807) is 12.4 Å². The van der Waals surface area contributed by atoms with Gasteiger partial charge in [0, 0.05) is 50.1 Å². The van der Waals surface area contributed by atoms with E-state index in [1.807, 2.05) is 18.2 Å². The first-order valence-electron chi connectivity index (χ1n) is 10.8. The summed E-state index contributed by atoms with van der Waals surface area (Å²) >= 11 is 0. The van der Waals surface area contributed by atoms with Gasteiger partial charge in [-0.15, -0.1) is 0 Å². The van der Waals surface area contributed by atoms with E-state index in [0.717, 1.165) is 38.2 Å². The third-order valence-corrected chi connectivity index (χ3v) is 6.63. The zero-order valence-electron chi connectivity index (χ0n) is 17.1. The fourth-order valence-electron chi connectivity index (χ4n) is 5.20. The van der Waals surface area contributed by atoms with Crippen molar-refractivity contribution in [3.8, 4) is 0 Å². The van der Waals surface area contributed by atoms with Gasteiger partial charge in [0.25, 0.3) is 5.91 Å². The average molecular weight is 398 g/mol. The zero-order valence-corrected chi connectivity index (χ0v) is 17.1. The number of pyridine rings is 1. The Kier molecular flexibility index (Phi) is 5.33. The molecule has 2 fully saturated rings. The molecule has 4 nitrogen and oxygen atoms in total. The summed E-state index contributed by atoms with van der Waals surface area (Å²) in [6, 6.07) is 25.1. The van der Waals surface area contributed by atoms with E-state index in [-0.39, 0.29) is 11.9 Å². The average Bonchev–Trinajstić information content (AvgIpc) is 3.36. The van der Waals surface area contributed by atoms with Crippen LogP contribution in [0.1, 0.15) is 27.5 Å². The second-order valence-corrected chi connectivity index (χ2v) is 8.47. The van der Waals surface area contributed by atoms with Gasteiger partial charge in [0.15, 0.2) is 0 Å². The Morgan fingerprint density at radius 3 is 2.30 bits per heavy atom. The highest BCUT2D eigenvalue weighted by atomic mass is 16.2. The van der Waals surface area contributed by atoms with Crippen molar-refractivity contribution < 1.29 is 4.79 Å². The number of likely N-dealkylation sites (tertiary alicyclic amines) is 2. The first kappa shape index (κ1) is 19.0. The van der Waals surface area contributed by atoms with Crippen molar-refractivity contribution in [1.29, 1.82) is 0 Å². The van der Waals surface area contributed by atoms with Crippen molar-refractivity contribution in [3.05, 3.63) is 102 Å². The Labute approximate surface area is 178 Å². The number of carbonyl (C=O) groups is 1. The van der Waals surface area contributed by atoms with Crippen LogP contribution in [0, 0.1) is 11.8 Å². The van der Waals surface area contributed by atoms with Crippen molar-refractivity contribution in [3.63, 3.8) is 0 Å². The highest BCUT2D eigenvalue weighted by Gasteiger charge is 2.48. The third kappa shape index (κ3) is 3.75. The molecular formula is C26H27N3O. The van der Waals surface area contributed by atoms with Gasteiger partial charge in [-0.2, -0.15) is 0 Å². The van der Waals surface area contributed by atoms with Gasteiger partial charge in [0.05, 0.1) is 6.04 Å². The number of hydrogen-bond donors (Lipinski definition) is 0. The summed E-state index contributed by atoms with van der Waals surface area (Å²) in [5.74, 6) is 1.13. The van der Waals surface area contributed by atoms with E-state index in [9.17, 15) is 4.79 Å².